The van der Waals surface area contributed by atoms with Gasteiger partial charge < -0.3 is 4.90 Å². The average molecular weight is 328 g/mol. The van der Waals surface area contributed by atoms with Crippen molar-refractivity contribution in [1.82, 2.24) is 9.21 Å². The normalized spacial score (nSPS) is 19.9. The maximum atomic E-state index is 13.9. The van der Waals surface area contributed by atoms with Gasteiger partial charge >= 0.3 is 0 Å². The second-order valence-electron chi connectivity index (χ2n) is 5.87. The Balaban J connectivity index is 2.29. The molecule has 1 atom stereocenters. The van der Waals surface area contributed by atoms with Crippen molar-refractivity contribution >= 4 is 15.9 Å². The van der Waals surface area contributed by atoms with E-state index < -0.39 is 15.8 Å². The number of carbonyl (C=O) groups excluding carboxylic acids is 1. The lowest BCUT2D eigenvalue weighted by atomic mass is 9.98. The van der Waals surface area contributed by atoms with Crippen LogP contribution in [0.25, 0.3) is 0 Å². The number of nitrogens with zero attached hydrogens (tertiary/aromatic N) is 2. The number of rotatable bonds is 3. The molecule has 2 rings (SSSR count). The Morgan fingerprint density at radius 1 is 1.36 bits per heavy atom. The molecule has 1 aliphatic heterocycles. The third-order valence-corrected chi connectivity index (χ3v) is 5.76. The first-order valence-electron chi connectivity index (χ1n) is 7.21. The molecule has 0 unspecified atom stereocenters. The Labute approximate surface area is 130 Å². The van der Waals surface area contributed by atoms with Gasteiger partial charge in [-0.2, -0.15) is 4.31 Å². The van der Waals surface area contributed by atoms with E-state index in [9.17, 15) is 17.6 Å². The van der Waals surface area contributed by atoms with Gasteiger partial charge in [-0.3, -0.25) is 4.79 Å². The molecule has 1 fully saturated rings. The third-order valence-electron chi connectivity index (χ3n) is 3.88. The molecule has 1 heterocycles. The summed E-state index contributed by atoms with van der Waals surface area (Å²) in [5.41, 5.74) is 0.679. The Bertz CT molecular complexity index is 673. The van der Waals surface area contributed by atoms with Crippen LogP contribution in [-0.4, -0.2) is 50.7 Å². The van der Waals surface area contributed by atoms with Crippen LogP contribution in [0.2, 0.25) is 0 Å². The Morgan fingerprint density at radius 3 is 2.68 bits per heavy atom. The zero-order valence-electron chi connectivity index (χ0n) is 13.0. The van der Waals surface area contributed by atoms with E-state index in [2.05, 4.69) is 0 Å². The van der Waals surface area contributed by atoms with Crippen LogP contribution in [0.5, 0.6) is 0 Å². The van der Waals surface area contributed by atoms with Crippen LogP contribution >= 0.6 is 0 Å². The molecule has 1 aromatic carbocycles. The van der Waals surface area contributed by atoms with Gasteiger partial charge in [-0.15, -0.1) is 0 Å². The molecule has 7 heteroatoms. The Kier molecular flexibility index (Phi) is 4.87. The molecular weight excluding hydrogens is 307 g/mol. The highest BCUT2D eigenvalue weighted by Crippen LogP contribution is 2.26. The highest BCUT2D eigenvalue weighted by Gasteiger charge is 2.35. The van der Waals surface area contributed by atoms with Gasteiger partial charge in [-0.25, -0.2) is 12.8 Å². The summed E-state index contributed by atoms with van der Waals surface area (Å²) >= 11 is 0. The van der Waals surface area contributed by atoms with Crippen molar-refractivity contribution in [2.75, 3.05) is 27.2 Å². The molecule has 5 nitrogen and oxygen atoms in total. The lowest BCUT2D eigenvalue weighted by molar-refractivity contribution is -0.134. The van der Waals surface area contributed by atoms with Crippen molar-refractivity contribution < 1.29 is 17.6 Å². The number of carbonyl (C=O) groups is 1. The summed E-state index contributed by atoms with van der Waals surface area (Å²) in [4.78, 5) is 13.2. The van der Waals surface area contributed by atoms with Crippen molar-refractivity contribution in [1.29, 1.82) is 0 Å². The van der Waals surface area contributed by atoms with Crippen LogP contribution in [0, 0.1) is 18.7 Å². The average Bonchev–Trinajstić information content (AvgIpc) is 2.48. The maximum Gasteiger partial charge on any atom is 0.246 e. The lowest BCUT2D eigenvalue weighted by Gasteiger charge is -2.32. The quantitative estimate of drug-likeness (QED) is 0.847. The van der Waals surface area contributed by atoms with Gasteiger partial charge in [0.25, 0.3) is 0 Å². The number of hydrogen-bond acceptors (Lipinski definition) is 3. The van der Waals surface area contributed by atoms with E-state index in [1.165, 1.54) is 21.3 Å². The molecule has 0 bridgehead atoms. The maximum absolute atomic E-state index is 13.9. The molecule has 0 N–H and O–H groups in total. The molecule has 0 spiro atoms. The first kappa shape index (κ1) is 16.9. The minimum absolute atomic E-state index is 0.0929. The first-order chi connectivity index (χ1) is 10.2. The molecular formula is C15H21FN2O3S. The van der Waals surface area contributed by atoms with E-state index in [0.717, 1.165) is 6.07 Å². The SMILES string of the molecule is Cc1ccc(F)c(S(=O)(=O)N2CCC[C@H](C(=O)N(C)C)C2)c1. The first-order valence-corrected chi connectivity index (χ1v) is 8.65. The standard InChI is InChI=1S/C15H21FN2O3S/c1-11-6-7-13(16)14(9-11)22(20,21)18-8-4-5-12(10-18)15(19)17(2)3/h6-7,9,12H,4-5,8,10H2,1-3H3/t12-/m0/s1. The highest BCUT2D eigenvalue weighted by molar-refractivity contribution is 7.89. The number of sulfonamides is 1. The predicted molar refractivity (Wildman–Crippen MR) is 81.3 cm³/mol. The third kappa shape index (κ3) is 3.30. The number of piperidine rings is 1. The van der Waals surface area contributed by atoms with Gasteiger partial charge in [0, 0.05) is 27.2 Å². The fraction of sp³-hybridized carbons (Fsp3) is 0.533. The molecule has 0 saturated carbocycles. The fourth-order valence-electron chi connectivity index (χ4n) is 2.67. The van der Waals surface area contributed by atoms with Crippen LogP contribution in [0.4, 0.5) is 4.39 Å². The number of halogens is 1. The van der Waals surface area contributed by atoms with Crippen LogP contribution < -0.4 is 0 Å². The monoisotopic (exact) mass is 328 g/mol. The summed E-state index contributed by atoms with van der Waals surface area (Å²) in [5, 5.41) is 0. The Morgan fingerprint density at radius 2 is 2.05 bits per heavy atom. The number of benzene rings is 1. The van der Waals surface area contributed by atoms with Crippen LogP contribution in [-0.2, 0) is 14.8 Å². The van der Waals surface area contributed by atoms with Gasteiger partial charge in [0.15, 0.2) is 0 Å². The van der Waals surface area contributed by atoms with E-state index in [4.69, 9.17) is 0 Å². The molecule has 1 aliphatic rings. The minimum Gasteiger partial charge on any atom is -0.349 e. The second kappa shape index (κ2) is 6.34. The molecule has 0 radical (unpaired) electrons. The molecule has 1 amide bonds. The Hall–Kier alpha value is -1.47. The zero-order chi connectivity index (χ0) is 16.5. The second-order valence-corrected chi connectivity index (χ2v) is 7.78. The number of aryl methyl sites for hydroxylation is 1. The summed E-state index contributed by atoms with van der Waals surface area (Å²) in [5.74, 6) is -1.22. The van der Waals surface area contributed by atoms with Crippen molar-refractivity contribution in [2.24, 2.45) is 5.92 Å². The van der Waals surface area contributed by atoms with E-state index >= 15 is 0 Å². The topological polar surface area (TPSA) is 57.7 Å². The van der Waals surface area contributed by atoms with E-state index in [1.54, 1.807) is 21.0 Å². The predicted octanol–water partition coefficient (Wildman–Crippen LogP) is 1.62. The molecule has 0 aromatic heterocycles. The van der Waals surface area contributed by atoms with E-state index in [0.29, 0.717) is 24.9 Å². The summed E-state index contributed by atoms with van der Waals surface area (Å²) < 4.78 is 40.5. The zero-order valence-corrected chi connectivity index (χ0v) is 13.9. The molecule has 122 valence electrons. The van der Waals surface area contributed by atoms with Crippen LogP contribution in [0.3, 0.4) is 0 Å². The van der Waals surface area contributed by atoms with Gasteiger partial charge in [0.05, 0.1) is 5.92 Å². The van der Waals surface area contributed by atoms with Crippen molar-refractivity contribution in [3.05, 3.63) is 29.6 Å². The molecule has 22 heavy (non-hydrogen) atoms. The summed E-state index contributed by atoms with van der Waals surface area (Å²) in [6.07, 6.45) is 1.25. The van der Waals surface area contributed by atoms with Gasteiger partial charge in [0.2, 0.25) is 15.9 Å². The summed E-state index contributed by atoms with van der Waals surface area (Å²) in [6, 6.07) is 4.03. The van der Waals surface area contributed by atoms with E-state index in [1.807, 2.05) is 0 Å². The van der Waals surface area contributed by atoms with Gasteiger partial charge in [-0.05, 0) is 37.5 Å². The summed E-state index contributed by atoms with van der Waals surface area (Å²) in [7, 11) is -0.622. The lowest BCUT2D eigenvalue weighted by Crippen LogP contribution is -2.45. The highest BCUT2D eigenvalue weighted by atomic mass is 32.2. The van der Waals surface area contributed by atoms with Gasteiger partial charge in [0.1, 0.15) is 10.7 Å². The van der Waals surface area contributed by atoms with Crippen LogP contribution in [0.1, 0.15) is 18.4 Å². The largest absolute Gasteiger partial charge is 0.349 e. The molecule has 1 saturated heterocycles. The van der Waals surface area contributed by atoms with Crippen molar-refractivity contribution in [3.8, 4) is 0 Å². The van der Waals surface area contributed by atoms with Gasteiger partial charge in [-0.1, -0.05) is 6.07 Å². The summed E-state index contributed by atoms with van der Waals surface area (Å²) in [6.45, 7) is 2.13. The van der Waals surface area contributed by atoms with Crippen molar-refractivity contribution in [2.45, 2.75) is 24.7 Å². The fourth-order valence-corrected chi connectivity index (χ4v) is 4.35. The van der Waals surface area contributed by atoms with E-state index in [-0.39, 0.29) is 23.3 Å². The minimum atomic E-state index is -3.92. The van der Waals surface area contributed by atoms with Crippen molar-refractivity contribution in [3.63, 3.8) is 0 Å². The molecule has 1 aromatic rings. The number of amides is 1. The molecule has 0 aliphatic carbocycles. The van der Waals surface area contributed by atoms with Crippen LogP contribution in [0.15, 0.2) is 23.1 Å². The number of hydrogen-bond donors (Lipinski definition) is 0. The smallest absolute Gasteiger partial charge is 0.246 e.